The number of hydrogen-bond donors (Lipinski definition) is 1. The zero-order chi connectivity index (χ0) is 13.1. The summed E-state index contributed by atoms with van der Waals surface area (Å²) in [6.07, 6.45) is 1.75. The topological polar surface area (TPSA) is 42.7 Å². The van der Waals surface area contributed by atoms with E-state index in [4.69, 9.17) is 11.6 Å². The van der Waals surface area contributed by atoms with Crippen LogP contribution in [0.4, 0.5) is 0 Å². The van der Waals surface area contributed by atoms with Crippen molar-refractivity contribution in [3.8, 4) is 11.3 Å². The molecule has 0 aliphatic carbocycles. The number of hydrogen-bond acceptors (Lipinski definition) is 3. The van der Waals surface area contributed by atoms with Gasteiger partial charge in [0.2, 0.25) is 0 Å². The van der Waals surface area contributed by atoms with E-state index in [2.05, 4.69) is 29.5 Å². The van der Waals surface area contributed by atoms with Crippen LogP contribution in [0.1, 0.15) is 19.4 Å². The van der Waals surface area contributed by atoms with Crippen molar-refractivity contribution >= 4 is 11.6 Å². The highest BCUT2D eigenvalue weighted by molar-refractivity contribution is 6.30. The molecular weight excluding hydrogens is 248 g/mol. The molecule has 1 N–H and O–H groups in total. The molecule has 0 saturated carbocycles. The summed E-state index contributed by atoms with van der Waals surface area (Å²) in [5.74, 6) is 0. The first-order chi connectivity index (χ1) is 8.58. The van der Waals surface area contributed by atoms with E-state index in [-0.39, 0.29) is 0 Å². The van der Waals surface area contributed by atoms with Gasteiger partial charge >= 0.3 is 0 Å². The summed E-state index contributed by atoms with van der Waals surface area (Å²) in [7, 11) is 1.88. The molecule has 0 aliphatic heterocycles. The van der Waals surface area contributed by atoms with Crippen molar-refractivity contribution < 1.29 is 0 Å². The van der Waals surface area contributed by atoms with Gasteiger partial charge in [-0.05, 0) is 17.7 Å². The molecule has 0 radical (unpaired) electrons. The Labute approximate surface area is 112 Å². The van der Waals surface area contributed by atoms with E-state index < -0.39 is 0 Å². The Hall–Kier alpha value is -1.39. The molecule has 0 bridgehead atoms. The lowest BCUT2D eigenvalue weighted by atomic mass is 10.0. The molecular formula is C13H17ClN4. The molecule has 0 saturated heterocycles. The van der Waals surface area contributed by atoms with E-state index in [1.54, 1.807) is 10.9 Å². The third-order valence-electron chi connectivity index (χ3n) is 2.76. The van der Waals surface area contributed by atoms with E-state index in [0.29, 0.717) is 6.04 Å². The summed E-state index contributed by atoms with van der Waals surface area (Å²) < 4.78 is 1.75. The Bertz CT molecular complexity index is 534. The van der Waals surface area contributed by atoms with Gasteiger partial charge < -0.3 is 5.32 Å². The number of aryl methyl sites for hydroxylation is 1. The van der Waals surface area contributed by atoms with Gasteiger partial charge in [-0.2, -0.15) is 0 Å². The van der Waals surface area contributed by atoms with Crippen LogP contribution in [0.25, 0.3) is 11.3 Å². The van der Waals surface area contributed by atoms with E-state index >= 15 is 0 Å². The Morgan fingerprint density at radius 2 is 2.17 bits per heavy atom. The molecule has 4 nitrogen and oxygen atoms in total. The Balaban J connectivity index is 2.38. The first-order valence-corrected chi connectivity index (χ1v) is 6.32. The van der Waals surface area contributed by atoms with Crippen molar-refractivity contribution in [1.82, 2.24) is 20.3 Å². The van der Waals surface area contributed by atoms with Gasteiger partial charge in [0, 0.05) is 30.2 Å². The maximum atomic E-state index is 6.08. The quantitative estimate of drug-likeness (QED) is 0.923. The van der Waals surface area contributed by atoms with Crippen LogP contribution in [0, 0.1) is 0 Å². The van der Waals surface area contributed by atoms with Gasteiger partial charge in [0.1, 0.15) is 0 Å². The first kappa shape index (κ1) is 13.1. The lowest BCUT2D eigenvalue weighted by Gasteiger charge is -2.13. The lowest BCUT2D eigenvalue weighted by Crippen LogP contribution is -2.22. The molecule has 0 aliphatic rings. The molecule has 5 heteroatoms. The zero-order valence-corrected chi connectivity index (χ0v) is 11.6. The van der Waals surface area contributed by atoms with Crippen molar-refractivity contribution in [1.29, 1.82) is 0 Å². The maximum Gasteiger partial charge on any atom is 0.0885 e. The van der Waals surface area contributed by atoms with Crippen LogP contribution >= 0.6 is 11.6 Å². The fourth-order valence-electron chi connectivity index (χ4n) is 1.79. The normalized spacial score (nSPS) is 11.2. The maximum absolute atomic E-state index is 6.08. The molecule has 18 heavy (non-hydrogen) atoms. The number of nitrogens with one attached hydrogen (secondary N) is 1. The highest BCUT2D eigenvalue weighted by Gasteiger charge is 2.10. The summed E-state index contributed by atoms with van der Waals surface area (Å²) >= 11 is 6.08. The Morgan fingerprint density at radius 1 is 1.39 bits per heavy atom. The second kappa shape index (κ2) is 5.50. The van der Waals surface area contributed by atoms with Crippen LogP contribution < -0.4 is 5.32 Å². The monoisotopic (exact) mass is 264 g/mol. The van der Waals surface area contributed by atoms with Crippen molar-refractivity contribution in [2.75, 3.05) is 0 Å². The van der Waals surface area contributed by atoms with Gasteiger partial charge in [-0.25, -0.2) is 4.68 Å². The average Bonchev–Trinajstić information content (AvgIpc) is 2.73. The molecule has 96 valence electrons. The second-order valence-corrected chi connectivity index (χ2v) is 5.02. The number of nitrogens with zero attached hydrogens (tertiary/aromatic N) is 3. The van der Waals surface area contributed by atoms with Gasteiger partial charge in [0.25, 0.3) is 0 Å². The molecule has 0 unspecified atom stereocenters. The highest BCUT2D eigenvalue weighted by Crippen LogP contribution is 2.26. The van der Waals surface area contributed by atoms with E-state index in [1.165, 1.54) is 5.56 Å². The Kier molecular flexibility index (Phi) is 3.99. The fraction of sp³-hybridized carbons (Fsp3) is 0.385. The largest absolute Gasteiger partial charge is 0.310 e. The molecule has 0 fully saturated rings. The van der Waals surface area contributed by atoms with Crippen molar-refractivity contribution in [3.63, 3.8) is 0 Å². The number of halogens is 1. The number of rotatable bonds is 4. The predicted octanol–water partition coefficient (Wildman–Crippen LogP) is 2.63. The highest BCUT2D eigenvalue weighted by atomic mass is 35.5. The smallest absolute Gasteiger partial charge is 0.0885 e. The summed E-state index contributed by atoms with van der Waals surface area (Å²) in [6, 6.07) is 6.35. The summed E-state index contributed by atoms with van der Waals surface area (Å²) in [5.41, 5.74) is 3.24. The fourth-order valence-corrected chi connectivity index (χ4v) is 1.96. The second-order valence-electron chi connectivity index (χ2n) is 4.58. The number of benzene rings is 1. The molecule has 0 amide bonds. The third kappa shape index (κ3) is 2.89. The van der Waals surface area contributed by atoms with E-state index in [9.17, 15) is 0 Å². The molecule has 1 aromatic heterocycles. The van der Waals surface area contributed by atoms with Crippen LogP contribution in [0.2, 0.25) is 5.02 Å². The van der Waals surface area contributed by atoms with Crippen molar-refractivity contribution in [2.24, 2.45) is 7.05 Å². The molecule has 1 aromatic carbocycles. The van der Waals surface area contributed by atoms with Gasteiger partial charge in [-0.1, -0.05) is 36.7 Å². The zero-order valence-electron chi connectivity index (χ0n) is 10.8. The first-order valence-electron chi connectivity index (χ1n) is 5.95. The van der Waals surface area contributed by atoms with Crippen LogP contribution in [0.15, 0.2) is 24.4 Å². The summed E-state index contributed by atoms with van der Waals surface area (Å²) in [4.78, 5) is 0. The minimum Gasteiger partial charge on any atom is -0.310 e. The molecule has 0 spiro atoms. The standard InChI is InChI=1S/C13H17ClN4/c1-9(2)15-7-10-4-5-11(14)6-12(10)13-8-16-17-18(13)3/h4-6,8-9,15H,7H2,1-3H3. The van der Waals surface area contributed by atoms with Gasteiger partial charge in [-0.3, -0.25) is 0 Å². The number of aromatic nitrogens is 3. The Morgan fingerprint density at radius 3 is 2.78 bits per heavy atom. The van der Waals surface area contributed by atoms with Crippen LogP contribution in [0.3, 0.4) is 0 Å². The van der Waals surface area contributed by atoms with Crippen molar-refractivity contribution in [2.45, 2.75) is 26.4 Å². The van der Waals surface area contributed by atoms with Crippen LogP contribution in [-0.2, 0) is 13.6 Å². The van der Waals surface area contributed by atoms with E-state index in [1.807, 2.05) is 25.2 Å². The SMILES string of the molecule is CC(C)NCc1ccc(Cl)cc1-c1cnnn1C. The average molecular weight is 265 g/mol. The molecule has 0 atom stereocenters. The van der Waals surface area contributed by atoms with Gasteiger partial charge in [0.05, 0.1) is 11.9 Å². The van der Waals surface area contributed by atoms with Crippen molar-refractivity contribution in [3.05, 3.63) is 35.0 Å². The summed E-state index contributed by atoms with van der Waals surface area (Å²) in [6.45, 7) is 5.05. The van der Waals surface area contributed by atoms with Crippen LogP contribution in [-0.4, -0.2) is 21.0 Å². The molecule has 2 rings (SSSR count). The minimum absolute atomic E-state index is 0.443. The predicted molar refractivity (Wildman–Crippen MR) is 73.4 cm³/mol. The third-order valence-corrected chi connectivity index (χ3v) is 3.00. The van der Waals surface area contributed by atoms with Gasteiger partial charge in [0.15, 0.2) is 0 Å². The summed E-state index contributed by atoms with van der Waals surface area (Å²) in [5, 5.41) is 12.0. The minimum atomic E-state index is 0.443. The van der Waals surface area contributed by atoms with Crippen LogP contribution in [0.5, 0.6) is 0 Å². The molecule has 2 aromatic rings. The lowest BCUT2D eigenvalue weighted by molar-refractivity contribution is 0.589. The van der Waals surface area contributed by atoms with E-state index in [0.717, 1.165) is 22.8 Å². The van der Waals surface area contributed by atoms with Gasteiger partial charge in [-0.15, -0.1) is 5.10 Å². The molecule has 1 heterocycles.